The summed E-state index contributed by atoms with van der Waals surface area (Å²) in [6.07, 6.45) is 5.82. The number of benzene rings is 1. The van der Waals surface area contributed by atoms with Gasteiger partial charge in [-0.3, -0.25) is 14.9 Å². The minimum Gasteiger partial charge on any atom is -0.313 e. The highest BCUT2D eigenvalue weighted by atomic mass is 32.1. The number of nitrogens with one attached hydrogen (secondary N) is 1. The van der Waals surface area contributed by atoms with Gasteiger partial charge >= 0.3 is 0 Å². The van der Waals surface area contributed by atoms with Crippen LogP contribution in [0.4, 0.5) is 10.7 Å². The highest BCUT2D eigenvalue weighted by Crippen LogP contribution is 2.43. The van der Waals surface area contributed by atoms with Crippen molar-refractivity contribution in [3.63, 3.8) is 0 Å². The van der Waals surface area contributed by atoms with Crippen LogP contribution in [0.15, 0.2) is 30.3 Å². The van der Waals surface area contributed by atoms with Crippen molar-refractivity contribution in [2.45, 2.75) is 40.0 Å². The molecule has 0 saturated carbocycles. The van der Waals surface area contributed by atoms with E-state index in [9.17, 15) is 20.2 Å². The number of nitrogens with zero attached hydrogens (tertiary/aromatic N) is 2. The van der Waals surface area contributed by atoms with Gasteiger partial charge in [-0.25, -0.2) is 0 Å². The molecule has 1 N–H and O–H groups in total. The number of fused-ring (bicyclic) bond motifs is 1. The molecule has 1 unspecified atom stereocenters. The molecule has 1 aliphatic carbocycles. The van der Waals surface area contributed by atoms with E-state index in [2.05, 4.69) is 32.2 Å². The van der Waals surface area contributed by atoms with Gasteiger partial charge in [-0.05, 0) is 59.9 Å². The third kappa shape index (κ3) is 4.72. The molecular formula is C22H23N3O3S. The Labute approximate surface area is 174 Å². The van der Waals surface area contributed by atoms with Crippen molar-refractivity contribution in [3.05, 3.63) is 62.0 Å². The fourth-order valence-electron chi connectivity index (χ4n) is 3.56. The number of anilines is 1. The number of nitro groups is 1. The molecule has 7 heteroatoms. The molecule has 3 rings (SSSR count). The van der Waals surface area contributed by atoms with Crippen LogP contribution in [0.5, 0.6) is 0 Å². The summed E-state index contributed by atoms with van der Waals surface area (Å²) in [5, 5.41) is 23.7. The van der Waals surface area contributed by atoms with E-state index in [1.165, 1.54) is 34.4 Å². The van der Waals surface area contributed by atoms with Crippen molar-refractivity contribution in [2.24, 2.45) is 11.3 Å². The lowest BCUT2D eigenvalue weighted by Crippen LogP contribution is -2.26. The zero-order chi connectivity index (χ0) is 21.2. The van der Waals surface area contributed by atoms with E-state index in [1.54, 1.807) is 18.2 Å². The van der Waals surface area contributed by atoms with Crippen LogP contribution in [-0.4, -0.2) is 10.8 Å². The molecule has 150 valence electrons. The minimum absolute atomic E-state index is 0.00277. The molecule has 0 aliphatic heterocycles. The summed E-state index contributed by atoms with van der Waals surface area (Å²) in [6, 6.07) is 8.21. The molecule has 1 aromatic heterocycles. The normalized spacial score (nSPS) is 16.3. The van der Waals surface area contributed by atoms with E-state index in [1.807, 2.05) is 0 Å². The predicted molar refractivity (Wildman–Crippen MR) is 115 cm³/mol. The molecule has 1 heterocycles. The number of non-ortho nitro benzene ring substituents is 1. The van der Waals surface area contributed by atoms with E-state index in [4.69, 9.17) is 0 Å². The van der Waals surface area contributed by atoms with Gasteiger partial charge in [0.2, 0.25) is 5.91 Å². The molecular weight excluding hydrogens is 386 g/mol. The van der Waals surface area contributed by atoms with Crippen LogP contribution in [0.25, 0.3) is 6.08 Å². The Morgan fingerprint density at radius 2 is 2.03 bits per heavy atom. The highest BCUT2D eigenvalue weighted by Gasteiger charge is 2.32. The molecule has 0 spiro atoms. The van der Waals surface area contributed by atoms with Gasteiger partial charge in [-0.15, -0.1) is 11.3 Å². The first-order valence-electron chi connectivity index (χ1n) is 9.47. The first-order chi connectivity index (χ1) is 13.7. The molecule has 2 aromatic rings. The Bertz CT molecular complexity index is 1010. The van der Waals surface area contributed by atoms with Crippen molar-refractivity contribution >= 4 is 34.0 Å². The van der Waals surface area contributed by atoms with E-state index < -0.39 is 4.92 Å². The maximum Gasteiger partial charge on any atom is 0.269 e. The molecule has 1 aromatic carbocycles. The number of hydrogen-bond acceptors (Lipinski definition) is 5. The third-order valence-corrected chi connectivity index (χ3v) is 6.54. The predicted octanol–water partition coefficient (Wildman–Crippen LogP) is 5.33. The van der Waals surface area contributed by atoms with Crippen molar-refractivity contribution in [3.8, 4) is 6.07 Å². The number of nitro benzene ring substituents is 1. The summed E-state index contributed by atoms with van der Waals surface area (Å²) in [6.45, 7) is 6.73. The SMILES string of the molecule is CC(C)(C)C1CCc2c(sc(NC(=O)C=Cc3ccc([N+](=O)[O-])cc3)c2C#N)C1. The maximum atomic E-state index is 12.4. The summed E-state index contributed by atoms with van der Waals surface area (Å²) in [7, 11) is 0. The summed E-state index contributed by atoms with van der Waals surface area (Å²) in [5.41, 5.74) is 2.56. The average Bonchev–Trinajstić information content (AvgIpc) is 3.02. The zero-order valence-electron chi connectivity index (χ0n) is 16.7. The maximum absolute atomic E-state index is 12.4. The number of thiophene rings is 1. The Morgan fingerprint density at radius 3 is 2.62 bits per heavy atom. The molecule has 0 fully saturated rings. The number of carbonyl (C=O) groups excluding carboxylic acids is 1. The van der Waals surface area contributed by atoms with E-state index in [-0.39, 0.29) is 17.0 Å². The zero-order valence-corrected chi connectivity index (χ0v) is 17.5. The number of rotatable bonds is 4. The molecule has 0 saturated heterocycles. The smallest absolute Gasteiger partial charge is 0.269 e. The van der Waals surface area contributed by atoms with Crippen LogP contribution in [-0.2, 0) is 17.6 Å². The lowest BCUT2D eigenvalue weighted by Gasteiger charge is -2.33. The van der Waals surface area contributed by atoms with Gasteiger partial charge in [0.15, 0.2) is 0 Å². The lowest BCUT2D eigenvalue weighted by molar-refractivity contribution is -0.384. The number of carbonyl (C=O) groups is 1. The molecule has 0 bridgehead atoms. The van der Waals surface area contributed by atoms with E-state index in [0.717, 1.165) is 24.8 Å². The first kappa shape index (κ1) is 20.7. The number of hydrogen-bond donors (Lipinski definition) is 1. The Balaban J connectivity index is 1.73. The van der Waals surface area contributed by atoms with Crippen LogP contribution >= 0.6 is 11.3 Å². The second-order valence-electron chi connectivity index (χ2n) is 8.30. The lowest BCUT2D eigenvalue weighted by atomic mass is 9.72. The topological polar surface area (TPSA) is 96.0 Å². The summed E-state index contributed by atoms with van der Waals surface area (Å²) in [5.74, 6) is 0.233. The molecule has 1 aliphatic rings. The van der Waals surface area contributed by atoms with Crippen LogP contribution in [0.2, 0.25) is 0 Å². The van der Waals surface area contributed by atoms with E-state index in [0.29, 0.717) is 22.0 Å². The fourth-order valence-corrected chi connectivity index (χ4v) is 4.84. The molecule has 1 atom stereocenters. The van der Waals surface area contributed by atoms with Gasteiger partial charge < -0.3 is 5.32 Å². The van der Waals surface area contributed by atoms with Gasteiger partial charge in [0, 0.05) is 23.1 Å². The highest BCUT2D eigenvalue weighted by molar-refractivity contribution is 7.16. The monoisotopic (exact) mass is 409 g/mol. The Kier molecular flexibility index (Phi) is 5.85. The van der Waals surface area contributed by atoms with Crippen LogP contribution < -0.4 is 5.32 Å². The van der Waals surface area contributed by atoms with Crippen molar-refractivity contribution in [1.82, 2.24) is 0 Å². The second-order valence-corrected chi connectivity index (χ2v) is 9.40. The first-order valence-corrected chi connectivity index (χ1v) is 10.3. The average molecular weight is 410 g/mol. The van der Waals surface area contributed by atoms with Crippen LogP contribution in [0, 0.1) is 32.8 Å². The van der Waals surface area contributed by atoms with Gasteiger partial charge in [-0.1, -0.05) is 20.8 Å². The van der Waals surface area contributed by atoms with Gasteiger partial charge in [0.05, 0.1) is 10.5 Å². The van der Waals surface area contributed by atoms with Crippen molar-refractivity contribution in [1.29, 1.82) is 5.26 Å². The molecule has 29 heavy (non-hydrogen) atoms. The Hall–Kier alpha value is -2.98. The number of amides is 1. The third-order valence-electron chi connectivity index (χ3n) is 5.37. The largest absolute Gasteiger partial charge is 0.313 e. The summed E-state index contributed by atoms with van der Waals surface area (Å²) < 4.78 is 0. The van der Waals surface area contributed by atoms with Crippen LogP contribution in [0.1, 0.15) is 48.8 Å². The fraction of sp³-hybridized carbons (Fsp3) is 0.364. The molecule has 1 amide bonds. The standard InChI is InChI=1S/C22H23N3O3S/c1-22(2,3)15-7-10-17-18(13-23)21(29-19(17)12-15)24-20(26)11-6-14-4-8-16(9-5-14)25(27)28/h4-6,8-9,11,15H,7,10,12H2,1-3H3,(H,24,26). The van der Waals surface area contributed by atoms with Gasteiger partial charge in [-0.2, -0.15) is 5.26 Å². The Morgan fingerprint density at radius 1 is 1.34 bits per heavy atom. The number of nitriles is 1. The van der Waals surface area contributed by atoms with Crippen molar-refractivity contribution < 1.29 is 9.72 Å². The minimum atomic E-state index is -0.466. The van der Waals surface area contributed by atoms with E-state index >= 15 is 0 Å². The second kappa shape index (κ2) is 8.18. The van der Waals surface area contributed by atoms with Crippen LogP contribution in [0.3, 0.4) is 0 Å². The summed E-state index contributed by atoms with van der Waals surface area (Å²) in [4.78, 5) is 23.8. The van der Waals surface area contributed by atoms with Crippen molar-refractivity contribution in [2.75, 3.05) is 5.32 Å². The molecule has 6 nitrogen and oxygen atoms in total. The summed E-state index contributed by atoms with van der Waals surface area (Å²) >= 11 is 1.50. The molecule has 0 radical (unpaired) electrons. The quantitative estimate of drug-likeness (QED) is 0.419. The van der Waals surface area contributed by atoms with Gasteiger partial charge in [0.25, 0.3) is 5.69 Å². The van der Waals surface area contributed by atoms with Gasteiger partial charge in [0.1, 0.15) is 11.1 Å².